The molecule has 4 nitrogen and oxygen atoms in total. The Morgan fingerprint density at radius 2 is 1.91 bits per heavy atom. The first kappa shape index (κ1) is 22.8. The Kier molecular flexibility index (Phi) is 7.48. The second-order valence-corrected chi connectivity index (χ2v) is 8.96. The van der Waals surface area contributed by atoms with Crippen molar-refractivity contribution in [3.63, 3.8) is 0 Å². The minimum atomic E-state index is -0.955. The second-order valence-electron chi connectivity index (χ2n) is 8.58. The fourth-order valence-electron chi connectivity index (χ4n) is 4.51. The molecule has 0 spiro atoms. The van der Waals surface area contributed by atoms with Crippen LogP contribution in [-0.4, -0.2) is 56.2 Å². The first-order valence-corrected chi connectivity index (χ1v) is 11.9. The summed E-state index contributed by atoms with van der Waals surface area (Å²) in [6.07, 6.45) is 2.87. The Morgan fingerprint density at radius 3 is 2.66 bits per heavy atom. The molecule has 1 amide bonds. The lowest BCUT2D eigenvalue weighted by Crippen LogP contribution is -2.48. The molecule has 0 saturated carbocycles. The normalized spacial score (nSPS) is 17.1. The van der Waals surface area contributed by atoms with E-state index >= 15 is 0 Å². The standard InChI is InChI=1S/C26H31ClFN3O/c1-2-19-8-5-9-24(25(19)27)31-14-12-30(13-15-31)18-23(28)10-11-29-26(32)22-16-20-6-3-4-7-21(20)17-22/h3-9,16,23H,2,10-15,17-18H2,1H3,(H,29,32). The highest BCUT2D eigenvalue weighted by Crippen LogP contribution is 2.30. The number of nitrogens with zero attached hydrogens (tertiary/aromatic N) is 2. The molecular weight excluding hydrogens is 425 g/mol. The zero-order valence-corrected chi connectivity index (χ0v) is 19.4. The van der Waals surface area contributed by atoms with E-state index in [4.69, 9.17) is 11.6 Å². The van der Waals surface area contributed by atoms with Gasteiger partial charge in [-0.2, -0.15) is 0 Å². The lowest BCUT2D eigenvalue weighted by Gasteiger charge is -2.37. The number of hydrogen-bond donors (Lipinski definition) is 1. The number of nitrogens with one attached hydrogen (secondary N) is 1. The van der Waals surface area contributed by atoms with Gasteiger partial charge in [0.2, 0.25) is 5.91 Å². The van der Waals surface area contributed by atoms with E-state index < -0.39 is 6.17 Å². The maximum Gasteiger partial charge on any atom is 0.247 e. The highest BCUT2D eigenvalue weighted by molar-refractivity contribution is 6.34. The van der Waals surface area contributed by atoms with Crippen LogP contribution in [0.4, 0.5) is 10.1 Å². The lowest BCUT2D eigenvalue weighted by molar-refractivity contribution is -0.117. The van der Waals surface area contributed by atoms with Crippen LogP contribution >= 0.6 is 11.6 Å². The van der Waals surface area contributed by atoms with Crippen molar-refractivity contribution in [2.24, 2.45) is 0 Å². The lowest BCUT2D eigenvalue weighted by atomic mass is 10.1. The number of rotatable bonds is 8. The molecule has 1 N–H and O–H groups in total. The number of fused-ring (bicyclic) bond motifs is 1. The largest absolute Gasteiger partial charge is 0.368 e. The number of anilines is 1. The molecular formula is C26H31ClFN3O. The van der Waals surface area contributed by atoms with Crippen LogP contribution in [0.25, 0.3) is 6.08 Å². The number of carbonyl (C=O) groups excluding carboxylic acids is 1. The van der Waals surface area contributed by atoms with Crippen molar-refractivity contribution in [1.29, 1.82) is 0 Å². The fraction of sp³-hybridized carbons (Fsp3) is 0.423. The fourth-order valence-corrected chi connectivity index (χ4v) is 4.89. The number of carbonyl (C=O) groups is 1. The van der Waals surface area contributed by atoms with E-state index in [0.29, 0.717) is 25.9 Å². The summed E-state index contributed by atoms with van der Waals surface area (Å²) in [5.41, 5.74) is 5.26. The van der Waals surface area contributed by atoms with E-state index in [1.807, 2.05) is 30.3 Å². The Hall–Kier alpha value is -2.37. The zero-order chi connectivity index (χ0) is 22.5. The predicted octanol–water partition coefficient (Wildman–Crippen LogP) is 4.51. The van der Waals surface area contributed by atoms with Gasteiger partial charge in [0, 0.05) is 51.3 Å². The van der Waals surface area contributed by atoms with Gasteiger partial charge in [-0.15, -0.1) is 0 Å². The highest BCUT2D eigenvalue weighted by Gasteiger charge is 2.22. The average molecular weight is 456 g/mol. The Bertz CT molecular complexity index is 985. The van der Waals surface area contributed by atoms with Crippen molar-refractivity contribution in [3.05, 3.63) is 69.8 Å². The Morgan fingerprint density at radius 1 is 1.12 bits per heavy atom. The summed E-state index contributed by atoms with van der Waals surface area (Å²) in [7, 11) is 0. The minimum absolute atomic E-state index is 0.0896. The van der Waals surface area contributed by atoms with Crippen molar-refractivity contribution >= 4 is 29.3 Å². The quantitative estimate of drug-likeness (QED) is 0.636. The molecule has 2 aliphatic rings. The van der Waals surface area contributed by atoms with Crippen molar-refractivity contribution in [2.45, 2.75) is 32.4 Å². The van der Waals surface area contributed by atoms with Gasteiger partial charge in [0.05, 0.1) is 10.7 Å². The van der Waals surface area contributed by atoms with Gasteiger partial charge in [0.1, 0.15) is 6.17 Å². The van der Waals surface area contributed by atoms with Crippen LogP contribution in [0.5, 0.6) is 0 Å². The summed E-state index contributed by atoms with van der Waals surface area (Å²) in [6.45, 7) is 6.16. The predicted molar refractivity (Wildman–Crippen MR) is 130 cm³/mol. The summed E-state index contributed by atoms with van der Waals surface area (Å²) in [6, 6.07) is 14.2. The molecule has 1 fully saturated rings. The number of benzene rings is 2. The molecule has 170 valence electrons. The van der Waals surface area contributed by atoms with Crippen LogP contribution in [-0.2, 0) is 17.6 Å². The van der Waals surface area contributed by atoms with Crippen molar-refractivity contribution < 1.29 is 9.18 Å². The number of alkyl halides is 1. The summed E-state index contributed by atoms with van der Waals surface area (Å²) in [4.78, 5) is 16.9. The number of piperazine rings is 1. The van der Waals surface area contributed by atoms with Crippen LogP contribution in [0.3, 0.4) is 0 Å². The monoisotopic (exact) mass is 455 g/mol. The third-order valence-electron chi connectivity index (χ3n) is 6.41. The maximum atomic E-state index is 14.6. The van der Waals surface area contributed by atoms with Gasteiger partial charge in [0.15, 0.2) is 0 Å². The second kappa shape index (κ2) is 10.5. The zero-order valence-electron chi connectivity index (χ0n) is 18.6. The van der Waals surface area contributed by atoms with Crippen LogP contribution in [0.15, 0.2) is 48.0 Å². The SMILES string of the molecule is CCc1cccc(N2CCN(CC(F)CCNC(=O)C3=Cc4ccccc4C3)CC2)c1Cl. The van der Waals surface area contributed by atoms with E-state index in [-0.39, 0.29) is 5.91 Å². The van der Waals surface area contributed by atoms with Crippen LogP contribution in [0.1, 0.15) is 30.0 Å². The van der Waals surface area contributed by atoms with E-state index in [0.717, 1.165) is 60.0 Å². The minimum Gasteiger partial charge on any atom is -0.368 e. The van der Waals surface area contributed by atoms with Crippen LogP contribution in [0, 0.1) is 0 Å². The Balaban J connectivity index is 1.18. The molecule has 1 atom stereocenters. The highest BCUT2D eigenvalue weighted by atomic mass is 35.5. The van der Waals surface area contributed by atoms with Gasteiger partial charge < -0.3 is 10.2 Å². The number of halogens is 2. The maximum absolute atomic E-state index is 14.6. The third kappa shape index (κ3) is 5.33. The smallest absolute Gasteiger partial charge is 0.247 e. The van der Waals surface area contributed by atoms with Gasteiger partial charge in [0.25, 0.3) is 0 Å². The number of amides is 1. The molecule has 1 heterocycles. The number of hydrogen-bond acceptors (Lipinski definition) is 3. The molecule has 2 aromatic carbocycles. The topological polar surface area (TPSA) is 35.6 Å². The molecule has 0 bridgehead atoms. The molecule has 0 radical (unpaired) electrons. The van der Waals surface area contributed by atoms with E-state index in [9.17, 15) is 9.18 Å². The van der Waals surface area contributed by atoms with Gasteiger partial charge in [-0.1, -0.05) is 54.9 Å². The van der Waals surface area contributed by atoms with Crippen molar-refractivity contribution in [1.82, 2.24) is 10.2 Å². The van der Waals surface area contributed by atoms with Crippen molar-refractivity contribution in [2.75, 3.05) is 44.2 Å². The van der Waals surface area contributed by atoms with Crippen molar-refractivity contribution in [3.8, 4) is 0 Å². The summed E-state index contributed by atoms with van der Waals surface area (Å²) in [5, 5.41) is 3.72. The average Bonchev–Trinajstić information content (AvgIpc) is 3.24. The molecule has 2 aromatic rings. The van der Waals surface area contributed by atoms with Crippen LogP contribution in [0.2, 0.25) is 5.02 Å². The summed E-state index contributed by atoms with van der Waals surface area (Å²) >= 11 is 6.57. The van der Waals surface area contributed by atoms with E-state index in [1.54, 1.807) is 0 Å². The molecule has 1 aliphatic heterocycles. The molecule has 0 aromatic heterocycles. The van der Waals surface area contributed by atoms with Gasteiger partial charge in [-0.25, -0.2) is 4.39 Å². The molecule has 1 unspecified atom stereocenters. The third-order valence-corrected chi connectivity index (χ3v) is 6.85. The van der Waals surface area contributed by atoms with Crippen LogP contribution < -0.4 is 10.2 Å². The molecule has 32 heavy (non-hydrogen) atoms. The van der Waals surface area contributed by atoms with Gasteiger partial charge in [-0.05, 0) is 41.7 Å². The van der Waals surface area contributed by atoms with E-state index in [1.165, 1.54) is 5.56 Å². The molecule has 1 aliphatic carbocycles. The Labute approximate surface area is 195 Å². The summed E-state index contributed by atoms with van der Waals surface area (Å²) in [5.74, 6) is -0.0896. The molecule has 1 saturated heterocycles. The first-order valence-electron chi connectivity index (χ1n) is 11.5. The molecule has 6 heteroatoms. The van der Waals surface area contributed by atoms with Gasteiger partial charge >= 0.3 is 0 Å². The number of aryl methyl sites for hydroxylation is 1. The first-order chi connectivity index (χ1) is 15.5. The van der Waals surface area contributed by atoms with E-state index in [2.05, 4.69) is 40.2 Å². The summed E-state index contributed by atoms with van der Waals surface area (Å²) < 4.78 is 14.6. The van der Waals surface area contributed by atoms with Gasteiger partial charge in [-0.3, -0.25) is 9.69 Å². The molecule has 4 rings (SSSR count).